The minimum absolute atomic E-state index is 0.0625. The highest BCUT2D eigenvalue weighted by atomic mass is 19.4. The summed E-state index contributed by atoms with van der Waals surface area (Å²) < 4.78 is 54.0. The Morgan fingerprint density at radius 2 is 1.63 bits per heavy atom. The fourth-order valence-electron chi connectivity index (χ4n) is 3.10. The van der Waals surface area contributed by atoms with Crippen molar-refractivity contribution < 1.29 is 27.2 Å². The first kappa shape index (κ1) is 23.5. The van der Waals surface area contributed by atoms with E-state index in [9.17, 15) is 27.2 Å². The molecule has 0 bridgehead atoms. The zero-order chi connectivity index (χ0) is 25.0. The molecule has 1 aromatic heterocycles. The van der Waals surface area contributed by atoms with E-state index in [4.69, 9.17) is 0 Å². The standard InChI is InChI=1S/C23H16F4N6O2/c24-16-8-6-15(7-9-16)22(35)28-17-10-11-19(18(12-17)23(25,26)27)29-20(34)13-33-31-21(30-32-33)14-4-2-1-3-5-14/h1-12H,13H2,(H,28,35)(H,29,34). The Morgan fingerprint density at radius 1 is 0.914 bits per heavy atom. The smallest absolute Gasteiger partial charge is 0.324 e. The Kier molecular flexibility index (Phi) is 6.53. The molecule has 2 N–H and O–H groups in total. The summed E-state index contributed by atoms with van der Waals surface area (Å²) in [7, 11) is 0. The summed E-state index contributed by atoms with van der Waals surface area (Å²) in [5.74, 6) is -1.83. The quantitative estimate of drug-likeness (QED) is 0.396. The van der Waals surface area contributed by atoms with E-state index in [2.05, 4.69) is 26.0 Å². The Labute approximate surface area is 195 Å². The summed E-state index contributed by atoms with van der Waals surface area (Å²) in [5, 5.41) is 16.1. The van der Waals surface area contributed by atoms with Gasteiger partial charge in [-0.2, -0.15) is 18.0 Å². The van der Waals surface area contributed by atoms with Crippen LogP contribution in [-0.2, 0) is 17.5 Å². The van der Waals surface area contributed by atoms with Gasteiger partial charge in [0, 0.05) is 16.8 Å². The van der Waals surface area contributed by atoms with Gasteiger partial charge in [-0.1, -0.05) is 30.3 Å². The van der Waals surface area contributed by atoms with Gasteiger partial charge in [0.15, 0.2) is 0 Å². The van der Waals surface area contributed by atoms with Crippen LogP contribution in [0.3, 0.4) is 0 Å². The lowest BCUT2D eigenvalue weighted by Gasteiger charge is -2.16. The minimum atomic E-state index is -4.83. The van der Waals surface area contributed by atoms with Crippen molar-refractivity contribution in [3.63, 3.8) is 0 Å². The number of hydrogen-bond acceptors (Lipinski definition) is 5. The first-order valence-electron chi connectivity index (χ1n) is 10.1. The van der Waals surface area contributed by atoms with Crippen molar-refractivity contribution in [1.82, 2.24) is 20.2 Å². The predicted octanol–water partition coefficient (Wildman–Crippen LogP) is 4.39. The van der Waals surface area contributed by atoms with Crippen LogP contribution >= 0.6 is 0 Å². The molecule has 0 radical (unpaired) electrons. The summed E-state index contributed by atoms with van der Waals surface area (Å²) in [6, 6.07) is 16.3. The molecule has 8 nitrogen and oxygen atoms in total. The first-order chi connectivity index (χ1) is 16.7. The summed E-state index contributed by atoms with van der Waals surface area (Å²) >= 11 is 0. The van der Waals surface area contributed by atoms with Gasteiger partial charge in [0.05, 0.1) is 11.3 Å². The third kappa shape index (κ3) is 5.85. The number of aromatic nitrogens is 4. The van der Waals surface area contributed by atoms with Crippen LogP contribution in [0.5, 0.6) is 0 Å². The molecule has 0 spiro atoms. The molecular weight excluding hydrogens is 468 g/mol. The van der Waals surface area contributed by atoms with Crippen molar-refractivity contribution in [2.45, 2.75) is 12.7 Å². The lowest BCUT2D eigenvalue weighted by molar-refractivity contribution is -0.136. The number of hydrogen-bond donors (Lipinski definition) is 2. The number of benzene rings is 3. The maximum absolute atomic E-state index is 13.7. The van der Waals surface area contributed by atoms with Crippen molar-refractivity contribution in [2.24, 2.45) is 0 Å². The average Bonchev–Trinajstić information content (AvgIpc) is 3.28. The summed E-state index contributed by atoms with van der Waals surface area (Å²) in [4.78, 5) is 25.6. The van der Waals surface area contributed by atoms with Gasteiger partial charge in [0.25, 0.3) is 5.91 Å². The van der Waals surface area contributed by atoms with E-state index in [1.54, 1.807) is 30.3 Å². The molecular formula is C23H16F4N6O2. The molecule has 4 aromatic rings. The normalized spacial score (nSPS) is 11.2. The number of carbonyl (C=O) groups excluding carboxylic acids is 2. The van der Waals surface area contributed by atoms with Crippen LogP contribution in [0.2, 0.25) is 0 Å². The zero-order valence-corrected chi connectivity index (χ0v) is 17.8. The van der Waals surface area contributed by atoms with E-state index in [1.165, 1.54) is 18.2 Å². The lowest BCUT2D eigenvalue weighted by Crippen LogP contribution is -2.22. The van der Waals surface area contributed by atoms with E-state index in [-0.39, 0.29) is 17.1 Å². The Bertz CT molecular complexity index is 1350. The summed E-state index contributed by atoms with van der Waals surface area (Å²) in [6.07, 6.45) is -4.83. The second kappa shape index (κ2) is 9.71. The molecule has 0 aliphatic rings. The predicted molar refractivity (Wildman–Crippen MR) is 118 cm³/mol. The number of anilines is 2. The van der Waals surface area contributed by atoms with Crippen LogP contribution in [-0.4, -0.2) is 32.0 Å². The number of halogens is 4. The topological polar surface area (TPSA) is 102 Å². The number of carbonyl (C=O) groups is 2. The van der Waals surface area contributed by atoms with Crippen molar-refractivity contribution in [3.8, 4) is 11.4 Å². The van der Waals surface area contributed by atoms with E-state index in [0.717, 1.165) is 23.0 Å². The van der Waals surface area contributed by atoms with Crippen LogP contribution in [0.4, 0.5) is 28.9 Å². The molecule has 35 heavy (non-hydrogen) atoms. The summed E-state index contributed by atoms with van der Waals surface area (Å²) in [6.45, 7) is -0.472. The van der Waals surface area contributed by atoms with Crippen molar-refractivity contribution in [3.05, 3.63) is 89.7 Å². The molecule has 0 aliphatic heterocycles. The largest absolute Gasteiger partial charge is 0.418 e. The molecule has 0 atom stereocenters. The van der Waals surface area contributed by atoms with Crippen LogP contribution in [0, 0.1) is 5.82 Å². The van der Waals surface area contributed by atoms with E-state index in [1.807, 2.05) is 0 Å². The maximum Gasteiger partial charge on any atom is 0.418 e. The Hall–Kier alpha value is -4.61. The van der Waals surface area contributed by atoms with Gasteiger partial charge in [-0.05, 0) is 47.7 Å². The SMILES string of the molecule is O=C(Cn1nnc(-c2ccccc2)n1)Nc1ccc(NC(=O)c2ccc(F)cc2)cc1C(F)(F)F. The highest BCUT2D eigenvalue weighted by Crippen LogP contribution is 2.36. The molecule has 0 saturated heterocycles. The van der Waals surface area contributed by atoms with E-state index >= 15 is 0 Å². The molecule has 0 fully saturated rings. The number of nitrogens with one attached hydrogen (secondary N) is 2. The van der Waals surface area contributed by atoms with Gasteiger partial charge in [0.1, 0.15) is 12.4 Å². The summed E-state index contributed by atoms with van der Waals surface area (Å²) in [5.41, 5.74) is -1.11. The van der Waals surface area contributed by atoms with Gasteiger partial charge in [-0.3, -0.25) is 9.59 Å². The molecule has 4 rings (SSSR count). The van der Waals surface area contributed by atoms with Crippen molar-refractivity contribution in [1.29, 1.82) is 0 Å². The van der Waals surface area contributed by atoms with Crippen molar-refractivity contribution in [2.75, 3.05) is 10.6 Å². The number of nitrogens with zero attached hydrogens (tertiary/aromatic N) is 4. The van der Waals surface area contributed by atoms with Crippen LogP contribution in [0.1, 0.15) is 15.9 Å². The highest BCUT2D eigenvalue weighted by Gasteiger charge is 2.34. The molecule has 0 aliphatic carbocycles. The lowest BCUT2D eigenvalue weighted by atomic mass is 10.1. The Balaban J connectivity index is 1.48. The van der Waals surface area contributed by atoms with Gasteiger partial charge in [0.2, 0.25) is 11.7 Å². The van der Waals surface area contributed by atoms with E-state index in [0.29, 0.717) is 11.6 Å². The zero-order valence-electron chi connectivity index (χ0n) is 17.8. The molecule has 0 saturated carbocycles. The third-order valence-corrected chi connectivity index (χ3v) is 4.73. The third-order valence-electron chi connectivity index (χ3n) is 4.73. The molecule has 0 unspecified atom stereocenters. The highest BCUT2D eigenvalue weighted by molar-refractivity contribution is 6.04. The number of rotatable bonds is 6. The fraction of sp³-hybridized carbons (Fsp3) is 0.0870. The van der Waals surface area contributed by atoms with Gasteiger partial charge >= 0.3 is 6.18 Å². The maximum atomic E-state index is 13.7. The number of amides is 2. The first-order valence-corrected chi connectivity index (χ1v) is 10.1. The number of alkyl halides is 3. The van der Waals surface area contributed by atoms with Crippen LogP contribution in [0.25, 0.3) is 11.4 Å². The fourth-order valence-corrected chi connectivity index (χ4v) is 3.10. The average molecular weight is 484 g/mol. The second-order valence-corrected chi connectivity index (χ2v) is 7.28. The van der Waals surface area contributed by atoms with Crippen molar-refractivity contribution >= 4 is 23.2 Å². The molecule has 2 amide bonds. The number of tetrazole rings is 1. The molecule has 3 aromatic carbocycles. The molecule has 1 heterocycles. The molecule has 12 heteroatoms. The minimum Gasteiger partial charge on any atom is -0.324 e. The Morgan fingerprint density at radius 3 is 2.31 bits per heavy atom. The molecule has 178 valence electrons. The van der Waals surface area contributed by atoms with Gasteiger partial charge in [-0.15, -0.1) is 10.2 Å². The van der Waals surface area contributed by atoms with Gasteiger partial charge < -0.3 is 10.6 Å². The van der Waals surface area contributed by atoms with Crippen LogP contribution < -0.4 is 10.6 Å². The monoisotopic (exact) mass is 484 g/mol. The van der Waals surface area contributed by atoms with Gasteiger partial charge in [-0.25, -0.2) is 4.39 Å². The van der Waals surface area contributed by atoms with Crippen LogP contribution in [0.15, 0.2) is 72.8 Å². The van der Waals surface area contributed by atoms with E-state index < -0.39 is 41.6 Å². The second-order valence-electron chi connectivity index (χ2n) is 7.28.